The summed E-state index contributed by atoms with van der Waals surface area (Å²) in [5.74, 6) is 5.00. The fourth-order valence-corrected chi connectivity index (χ4v) is 5.23. The quantitative estimate of drug-likeness (QED) is 0.904. The van der Waals surface area contributed by atoms with Gasteiger partial charge in [-0.2, -0.15) is 0 Å². The number of hydrogen-bond acceptors (Lipinski definition) is 3. The minimum Gasteiger partial charge on any atom is -0.313 e. The summed E-state index contributed by atoms with van der Waals surface area (Å²) in [5.41, 5.74) is 0. The van der Waals surface area contributed by atoms with Gasteiger partial charge in [-0.1, -0.05) is 6.92 Å². The maximum Gasteiger partial charge on any atom is 0.147 e. The van der Waals surface area contributed by atoms with Gasteiger partial charge in [-0.3, -0.25) is 0 Å². The van der Waals surface area contributed by atoms with Crippen molar-refractivity contribution in [3.8, 4) is 0 Å². The Morgan fingerprint density at radius 2 is 1.84 bits per heavy atom. The fraction of sp³-hybridized carbons (Fsp3) is 0.867. The Balaban J connectivity index is 1.60. The second-order valence-corrected chi connectivity index (χ2v) is 6.86. The van der Waals surface area contributed by atoms with E-state index in [1.54, 1.807) is 0 Å². The third kappa shape index (κ3) is 1.92. The lowest BCUT2D eigenvalue weighted by molar-refractivity contribution is -0.0303. The van der Waals surface area contributed by atoms with Gasteiger partial charge in [0.1, 0.15) is 12.2 Å². The van der Waals surface area contributed by atoms with Gasteiger partial charge >= 0.3 is 0 Å². The molecule has 0 aromatic carbocycles. The zero-order chi connectivity index (χ0) is 12.8. The lowest BCUT2D eigenvalue weighted by atomic mass is 9.54. The third-order valence-electron chi connectivity index (χ3n) is 5.68. The zero-order valence-electron chi connectivity index (χ0n) is 11.8. The predicted molar refractivity (Wildman–Crippen MR) is 73.5 cm³/mol. The molecule has 1 heterocycles. The van der Waals surface area contributed by atoms with Gasteiger partial charge in [0.25, 0.3) is 0 Å². The van der Waals surface area contributed by atoms with Gasteiger partial charge < -0.3 is 9.88 Å². The van der Waals surface area contributed by atoms with E-state index < -0.39 is 0 Å². The van der Waals surface area contributed by atoms with Crippen molar-refractivity contribution in [2.45, 2.75) is 51.6 Å². The summed E-state index contributed by atoms with van der Waals surface area (Å²) >= 11 is 0. The topological polar surface area (TPSA) is 42.7 Å². The number of aromatic nitrogens is 3. The monoisotopic (exact) mass is 260 g/mol. The predicted octanol–water partition coefficient (Wildman–Crippen LogP) is 2.38. The molecule has 1 aromatic rings. The Morgan fingerprint density at radius 1 is 1.16 bits per heavy atom. The molecule has 0 saturated heterocycles. The maximum absolute atomic E-state index is 4.34. The van der Waals surface area contributed by atoms with E-state index in [2.05, 4.69) is 27.0 Å². The van der Waals surface area contributed by atoms with E-state index in [4.69, 9.17) is 0 Å². The van der Waals surface area contributed by atoms with Crippen LogP contribution in [0.1, 0.15) is 50.9 Å². The van der Waals surface area contributed by atoms with Crippen molar-refractivity contribution in [1.82, 2.24) is 20.1 Å². The van der Waals surface area contributed by atoms with Gasteiger partial charge in [-0.25, -0.2) is 0 Å². The molecule has 0 aliphatic heterocycles. The second kappa shape index (κ2) is 4.58. The third-order valence-corrected chi connectivity index (χ3v) is 5.68. The molecular formula is C15H24N4. The average molecular weight is 260 g/mol. The molecule has 0 radical (unpaired) electrons. The van der Waals surface area contributed by atoms with Gasteiger partial charge in [0.2, 0.25) is 0 Å². The van der Waals surface area contributed by atoms with Crippen LogP contribution >= 0.6 is 0 Å². The zero-order valence-corrected chi connectivity index (χ0v) is 11.8. The van der Waals surface area contributed by atoms with E-state index in [0.717, 1.165) is 42.6 Å². The molecule has 4 nitrogen and oxygen atoms in total. The molecule has 4 aliphatic rings. The smallest absolute Gasteiger partial charge is 0.147 e. The van der Waals surface area contributed by atoms with Crippen molar-refractivity contribution in [2.75, 3.05) is 6.54 Å². The second-order valence-electron chi connectivity index (χ2n) is 6.86. The molecular weight excluding hydrogens is 236 g/mol. The van der Waals surface area contributed by atoms with Crippen LogP contribution in [0.4, 0.5) is 0 Å². The van der Waals surface area contributed by atoms with E-state index in [9.17, 15) is 0 Å². The van der Waals surface area contributed by atoms with Crippen LogP contribution in [0, 0.1) is 23.7 Å². The lowest BCUT2D eigenvalue weighted by Gasteiger charge is -2.54. The first-order valence-corrected chi connectivity index (χ1v) is 7.94. The molecule has 4 heteroatoms. The van der Waals surface area contributed by atoms with Crippen molar-refractivity contribution < 1.29 is 0 Å². The fourth-order valence-electron chi connectivity index (χ4n) is 5.23. The van der Waals surface area contributed by atoms with Crippen LogP contribution in [0.5, 0.6) is 0 Å². The Morgan fingerprint density at radius 3 is 2.47 bits per heavy atom. The van der Waals surface area contributed by atoms with Crippen LogP contribution in [-0.4, -0.2) is 21.3 Å². The Bertz CT molecular complexity index is 425. The van der Waals surface area contributed by atoms with E-state index in [1.165, 1.54) is 32.1 Å². The summed E-state index contributed by atoms with van der Waals surface area (Å²) in [6.07, 6.45) is 9.33. The van der Waals surface area contributed by atoms with Gasteiger partial charge in [0.05, 0.1) is 6.54 Å². The van der Waals surface area contributed by atoms with E-state index in [1.807, 2.05) is 6.33 Å². The molecule has 4 saturated carbocycles. The Kier molecular flexibility index (Phi) is 2.87. The SMILES string of the molecule is CCNCc1nncn1C1C2CC3CC(C2)CC1C3. The molecule has 104 valence electrons. The molecule has 0 atom stereocenters. The van der Waals surface area contributed by atoms with E-state index >= 15 is 0 Å². The van der Waals surface area contributed by atoms with Crippen molar-refractivity contribution >= 4 is 0 Å². The first-order chi connectivity index (χ1) is 9.35. The molecule has 0 spiro atoms. The van der Waals surface area contributed by atoms with Crippen LogP contribution in [0.2, 0.25) is 0 Å². The van der Waals surface area contributed by atoms with Crippen molar-refractivity contribution in [3.63, 3.8) is 0 Å². The van der Waals surface area contributed by atoms with Crippen LogP contribution in [-0.2, 0) is 6.54 Å². The summed E-state index contributed by atoms with van der Waals surface area (Å²) in [5, 5.41) is 11.9. The van der Waals surface area contributed by atoms with Crippen LogP contribution in [0.3, 0.4) is 0 Å². The molecule has 0 amide bonds. The molecule has 1 aromatic heterocycles. The standard InChI is InChI=1S/C15H24N4/c1-2-16-8-14-18-17-9-19(14)15-12-4-10-3-11(6-12)7-13(15)5-10/h9-13,15-16H,2-8H2,1H3. The summed E-state index contributed by atoms with van der Waals surface area (Å²) < 4.78 is 2.41. The molecule has 1 N–H and O–H groups in total. The van der Waals surface area contributed by atoms with Crippen LogP contribution < -0.4 is 5.32 Å². The van der Waals surface area contributed by atoms with Crippen molar-refractivity contribution in [1.29, 1.82) is 0 Å². The minimum absolute atomic E-state index is 0.691. The van der Waals surface area contributed by atoms with Gasteiger partial charge in [0, 0.05) is 6.04 Å². The highest BCUT2D eigenvalue weighted by atomic mass is 15.3. The van der Waals surface area contributed by atoms with Crippen LogP contribution in [0.15, 0.2) is 6.33 Å². The Hall–Kier alpha value is -0.900. The van der Waals surface area contributed by atoms with E-state index in [0.29, 0.717) is 6.04 Å². The van der Waals surface area contributed by atoms with Crippen LogP contribution in [0.25, 0.3) is 0 Å². The lowest BCUT2D eigenvalue weighted by Crippen LogP contribution is -2.46. The molecule has 4 aliphatic carbocycles. The molecule has 4 bridgehead atoms. The highest BCUT2D eigenvalue weighted by Crippen LogP contribution is 2.58. The Labute approximate surface area is 115 Å². The highest BCUT2D eigenvalue weighted by molar-refractivity contribution is 5.03. The summed E-state index contributed by atoms with van der Waals surface area (Å²) in [4.78, 5) is 0. The van der Waals surface area contributed by atoms with Gasteiger partial charge in [0.15, 0.2) is 0 Å². The van der Waals surface area contributed by atoms with E-state index in [-0.39, 0.29) is 0 Å². The average Bonchev–Trinajstić information content (AvgIpc) is 2.83. The molecule has 0 unspecified atom stereocenters. The minimum atomic E-state index is 0.691. The highest BCUT2D eigenvalue weighted by Gasteiger charge is 2.49. The first kappa shape index (κ1) is 11.9. The first-order valence-electron chi connectivity index (χ1n) is 7.94. The summed E-state index contributed by atoms with van der Waals surface area (Å²) in [6.45, 7) is 4.00. The van der Waals surface area contributed by atoms with Gasteiger partial charge in [-0.05, 0) is 62.3 Å². The molecule has 4 fully saturated rings. The maximum atomic E-state index is 4.34. The largest absolute Gasteiger partial charge is 0.313 e. The number of nitrogens with one attached hydrogen (secondary N) is 1. The number of nitrogens with zero attached hydrogens (tertiary/aromatic N) is 3. The normalized spacial score (nSPS) is 39.9. The number of rotatable bonds is 4. The number of hydrogen-bond donors (Lipinski definition) is 1. The summed E-state index contributed by atoms with van der Waals surface area (Å²) in [7, 11) is 0. The van der Waals surface area contributed by atoms with Gasteiger partial charge in [-0.15, -0.1) is 10.2 Å². The molecule has 19 heavy (non-hydrogen) atoms. The van der Waals surface area contributed by atoms with Crippen molar-refractivity contribution in [3.05, 3.63) is 12.2 Å². The van der Waals surface area contributed by atoms with Crippen molar-refractivity contribution in [2.24, 2.45) is 23.7 Å². The summed E-state index contributed by atoms with van der Waals surface area (Å²) in [6, 6.07) is 0.691. The molecule has 5 rings (SSSR count).